The molecule has 0 atom stereocenters. The van der Waals surface area contributed by atoms with E-state index in [2.05, 4.69) is 0 Å². The number of nitro benzene ring substituents is 1. The van der Waals surface area contributed by atoms with Crippen molar-refractivity contribution >= 4 is 5.69 Å². The van der Waals surface area contributed by atoms with Crippen molar-refractivity contribution in [1.29, 1.82) is 0 Å². The van der Waals surface area contributed by atoms with Gasteiger partial charge in [-0.05, 0) is 6.07 Å². The van der Waals surface area contributed by atoms with Crippen LogP contribution in [0.25, 0.3) is 0 Å². The molecule has 1 aromatic rings. The number of nitrogens with two attached hydrogens (primary N) is 1. The third-order valence-corrected chi connectivity index (χ3v) is 2.47. The van der Waals surface area contributed by atoms with Crippen LogP contribution in [0, 0.1) is 21.7 Å². The van der Waals surface area contributed by atoms with Gasteiger partial charge in [0.1, 0.15) is 0 Å². The van der Waals surface area contributed by atoms with Crippen molar-refractivity contribution in [2.45, 2.75) is 19.3 Å². The highest BCUT2D eigenvalue weighted by molar-refractivity contribution is 5.45. The maximum atomic E-state index is 13.1. The lowest BCUT2D eigenvalue weighted by Gasteiger charge is -2.22. The molecule has 0 fully saturated rings. The van der Waals surface area contributed by atoms with Crippen molar-refractivity contribution in [1.82, 2.24) is 0 Å². The Hall–Kier alpha value is -1.56. The van der Waals surface area contributed by atoms with Gasteiger partial charge in [-0.1, -0.05) is 13.8 Å². The van der Waals surface area contributed by atoms with E-state index >= 15 is 0 Å². The summed E-state index contributed by atoms with van der Waals surface area (Å²) in [5.41, 5.74) is 4.32. The quantitative estimate of drug-likeness (QED) is 0.638. The van der Waals surface area contributed by atoms with Gasteiger partial charge in [0.05, 0.1) is 11.0 Å². The SMILES string of the molecule is CC(C)(CN)c1cc(F)c(F)cc1[N+](=O)[O-]. The van der Waals surface area contributed by atoms with E-state index < -0.39 is 27.7 Å². The van der Waals surface area contributed by atoms with Gasteiger partial charge in [-0.2, -0.15) is 0 Å². The Bertz CT molecular complexity index is 433. The fraction of sp³-hybridized carbons (Fsp3) is 0.400. The minimum Gasteiger partial charge on any atom is -0.330 e. The van der Waals surface area contributed by atoms with Crippen molar-refractivity contribution in [3.8, 4) is 0 Å². The van der Waals surface area contributed by atoms with E-state index in [1.54, 1.807) is 13.8 Å². The summed E-state index contributed by atoms with van der Waals surface area (Å²) in [7, 11) is 0. The van der Waals surface area contributed by atoms with Crippen molar-refractivity contribution in [2.24, 2.45) is 5.73 Å². The number of hydrogen-bond donors (Lipinski definition) is 1. The molecule has 0 aromatic heterocycles. The Kier molecular flexibility index (Phi) is 3.23. The molecule has 88 valence electrons. The maximum absolute atomic E-state index is 13.1. The van der Waals surface area contributed by atoms with E-state index in [0.29, 0.717) is 6.07 Å². The Morgan fingerprint density at radius 2 is 1.88 bits per heavy atom. The molecule has 0 bridgehead atoms. The van der Waals surface area contributed by atoms with Crippen LogP contribution in [-0.2, 0) is 5.41 Å². The Labute approximate surface area is 91.2 Å². The molecule has 1 aromatic carbocycles. The first kappa shape index (κ1) is 12.5. The van der Waals surface area contributed by atoms with Crippen LogP contribution in [0.4, 0.5) is 14.5 Å². The van der Waals surface area contributed by atoms with Crippen LogP contribution < -0.4 is 5.73 Å². The highest BCUT2D eigenvalue weighted by atomic mass is 19.2. The predicted octanol–water partition coefficient (Wildman–Crippen LogP) is 2.11. The number of nitrogens with zero attached hydrogens (tertiary/aromatic N) is 1. The van der Waals surface area contributed by atoms with Crippen LogP contribution in [-0.4, -0.2) is 11.5 Å². The van der Waals surface area contributed by atoms with Crippen LogP contribution in [0.2, 0.25) is 0 Å². The molecular weight excluding hydrogens is 218 g/mol. The van der Waals surface area contributed by atoms with Gasteiger partial charge < -0.3 is 5.73 Å². The minimum absolute atomic E-state index is 0.0961. The third kappa shape index (κ3) is 2.16. The van der Waals surface area contributed by atoms with Crippen molar-refractivity contribution in [2.75, 3.05) is 6.54 Å². The summed E-state index contributed by atoms with van der Waals surface area (Å²) < 4.78 is 26.0. The summed E-state index contributed by atoms with van der Waals surface area (Å²) in [6.45, 7) is 3.36. The number of rotatable bonds is 3. The first-order valence-corrected chi connectivity index (χ1v) is 4.63. The highest BCUT2D eigenvalue weighted by Crippen LogP contribution is 2.32. The smallest absolute Gasteiger partial charge is 0.276 e. The standard InChI is InChI=1S/C10H12F2N2O2/c1-10(2,5-13)6-3-7(11)8(12)4-9(6)14(15)16/h3-4H,5,13H2,1-2H3. The van der Waals surface area contributed by atoms with Crippen molar-refractivity contribution < 1.29 is 13.7 Å². The third-order valence-electron chi connectivity index (χ3n) is 2.47. The maximum Gasteiger partial charge on any atom is 0.276 e. The molecule has 0 aliphatic carbocycles. The minimum atomic E-state index is -1.23. The van der Waals surface area contributed by atoms with Crippen LogP contribution in [0.5, 0.6) is 0 Å². The van der Waals surface area contributed by atoms with Gasteiger partial charge in [0, 0.05) is 17.5 Å². The van der Waals surface area contributed by atoms with Gasteiger partial charge in [-0.3, -0.25) is 10.1 Å². The monoisotopic (exact) mass is 230 g/mol. The van der Waals surface area contributed by atoms with E-state index in [4.69, 9.17) is 5.73 Å². The van der Waals surface area contributed by atoms with E-state index in [9.17, 15) is 18.9 Å². The van der Waals surface area contributed by atoms with Gasteiger partial charge in [0.25, 0.3) is 5.69 Å². The van der Waals surface area contributed by atoms with E-state index in [0.717, 1.165) is 6.07 Å². The molecule has 0 amide bonds. The highest BCUT2D eigenvalue weighted by Gasteiger charge is 2.29. The molecule has 0 spiro atoms. The molecule has 1 rings (SSSR count). The molecular formula is C10H12F2N2O2. The lowest BCUT2D eigenvalue weighted by atomic mass is 9.83. The number of nitro groups is 1. The lowest BCUT2D eigenvalue weighted by Crippen LogP contribution is -2.29. The van der Waals surface area contributed by atoms with Crippen LogP contribution >= 0.6 is 0 Å². The van der Waals surface area contributed by atoms with Gasteiger partial charge in [0.15, 0.2) is 11.6 Å². The average molecular weight is 230 g/mol. The molecule has 0 saturated carbocycles. The lowest BCUT2D eigenvalue weighted by molar-refractivity contribution is -0.386. The first-order valence-electron chi connectivity index (χ1n) is 4.63. The molecule has 16 heavy (non-hydrogen) atoms. The van der Waals surface area contributed by atoms with Crippen molar-refractivity contribution in [3.05, 3.63) is 39.4 Å². The van der Waals surface area contributed by atoms with E-state index in [1.165, 1.54) is 0 Å². The second-order valence-electron chi connectivity index (χ2n) is 4.13. The largest absolute Gasteiger partial charge is 0.330 e. The van der Waals surface area contributed by atoms with Crippen molar-refractivity contribution in [3.63, 3.8) is 0 Å². The first-order chi connectivity index (χ1) is 7.29. The van der Waals surface area contributed by atoms with Crippen LogP contribution in [0.3, 0.4) is 0 Å². The summed E-state index contributed by atoms with van der Waals surface area (Å²) in [4.78, 5) is 9.98. The number of halogens is 2. The van der Waals surface area contributed by atoms with Crippen LogP contribution in [0.15, 0.2) is 12.1 Å². The second-order valence-corrected chi connectivity index (χ2v) is 4.13. The summed E-state index contributed by atoms with van der Waals surface area (Å²) in [5, 5.41) is 10.7. The zero-order valence-electron chi connectivity index (χ0n) is 8.96. The molecule has 0 heterocycles. The topological polar surface area (TPSA) is 69.2 Å². The predicted molar refractivity (Wildman–Crippen MR) is 55.1 cm³/mol. The molecule has 6 heteroatoms. The van der Waals surface area contributed by atoms with Gasteiger partial charge in [-0.25, -0.2) is 8.78 Å². The fourth-order valence-corrected chi connectivity index (χ4v) is 1.34. The summed E-state index contributed by atoms with van der Waals surface area (Å²) in [6.07, 6.45) is 0. The zero-order valence-corrected chi connectivity index (χ0v) is 8.96. The van der Waals surface area contributed by atoms with Gasteiger partial charge >= 0.3 is 0 Å². The van der Waals surface area contributed by atoms with E-state index in [-0.39, 0.29) is 12.1 Å². The molecule has 0 radical (unpaired) electrons. The fourth-order valence-electron chi connectivity index (χ4n) is 1.34. The van der Waals surface area contributed by atoms with Crippen LogP contribution in [0.1, 0.15) is 19.4 Å². The normalized spacial score (nSPS) is 11.6. The molecule has 0 unspecified atom stereocenters. The second kappa shape index (κ2) is 4.13. The molecule has 4 nitrogen and oxygen atoms in total. The average Bonchev–Trinajstić information content (AvgIpc) is 2.21. The van der Waals surface area contributed by atoms with Gasteiger partial charge in [0.2, 0.25) is 0 Å². The molecule has 0 aliphatic heterocycles. The molecule has 2 N–H and O–H groups in total. The Morgan fingerprint density at radius 1 is 1.38 bits per heavy atom. The molecule has 0 aliphatic rings. The van der Waals surface area contributed by atoms with E-state index in [1.807, 2.05) is 0 Å². The summed E-state index contributed by atoms with van der Waals surface area (Å²) >= 11 is 0. The Morgan fingerprint density at radius 3 is 2.31 bits per heavy atom. The Balaban J connectivity index is 3.48. The summed E-state index contributed by atoms with van der Waals surface area (Å²) in [6, 6.07) is 1.42. The summed E-state index contributed by atoms with van der Waals surface area (Å²) in [5.74, 6) is -2.34. The molecule has 0 saturated heterocycles. The number of hydrogen-bond acceptors (Lipinski definition) is 3. The van der Waals surface area contributed by atoms with Gasteiger partial charge in [-0.15, -0.1) is 0 Å². The zero-order chi connectivity index (χ0) is 12.5. The number of benzene rings is 1.